The Hall–Kier alpha value is -0.890. The molecule has 0 radical (unpaired) electrons. The summed E-state index contributed by atoms with van der Waals surface area (Å²) in [5.74, 6) is 0. The molecule has 0 aromatic carbocycles. The molecule has 0 unspecified atom stereocenters. The molecule has 0 N–H and O–H groups in total. The lowest BCUT2D eigenvalue weighted by Gasteiger charge is -2.14. The highest BCUT2D eigenvalue weighted by Gasteiger charge is 2.01. The SMILES string of the molecule is CC=C1CN(C)CCC=C(C)C=N1. The van der Waals surface area contributed by atoms with Crippen molar-refractivity contribution in [2.24, 2.45) is 4.99 Å². The fraction of sp³-hybridized carbons (Fsp3) is 0.545. The van der Waals surface area contributed by atoms with E-state index in [1.807, 2.05) is 13.1 Å². The van der Waals surface area contributed by atoms with Crippen LogP contribution < -0.4 is 0 Å². The third-order valence-electron chi connectivity index (χ3n) is 2.18. The Bertz CT molecular complexity index is 249. The van der Waals surface area contributed by atoms with Crippen molar-refractivity contribution in [2.45, 2.75) is 20.3 Å². The van der Waals surface area contributed by atoms with Crippen LogP contribution in [0.5, 0.6) is 0 Å². The summed E-state index contributed by atoms with van der Waals surface area (Å²) in [6.45, 7) is 6.20. The quantitative estimate of drug-likeness (QED) is 0.555. The van der Waals surface area contributed by atoms with Crippen LogP contribution in [0, 0.1) is 0 Å². The van der Waals surface area contributed by atoms with Gasteiger partial charge in [-0.2, -0.15) is 0 Å². The standard InChI is InChI=1S/C11H18N2/c1-4-11-9-13(3)7-5-6-10(2)8-12-11/h4,6,8H,5,7,9H2,1-3H3. The molecule has 2 nitrogen and oxygen atoms in total. The van der Waals surface area contributed by atoms with Gasteiger partial charge in [-0.05, 0) is 32.9 Å². The Morgan fingerprint density at radius 1 is 1.54 bits per heavy atom. The lowest BCUT2D eigenvalue weighted by Crippen LogP contribution is -2.21. The van der Waals surface area contributed by atoms with Crippen LogP contribution in [0.15, 0.2) is 28.4 Å². The van der Waals surface area contributed by atoms with Crippen molar-refractivity contribution in [3.63, 3.8) is 0 Å². The van der Waals surface area contributed by atoms with Gasteiger partial charge in [0.2, 0.25) is 0 Å². The predicted molar refractivity (Wildman–Crippen MR) is 58.1 cm³/mol. The van der Waals surface area contributed by atoms with Crippen molar-refractivity contribution in [3.8, 4) is 0 Å². The number of likely N-dealkylation sites (N-methyl/N-ethyl adjacent to an activating group) is 1. The third-order valence-corrected chi connectivity index (χ3v) is 2.18. The highest BCUT2D eigenvalue weighted by molar-refractivity contribution is 5.78. The van der Waals surface area contributed by atoms with Gasteiger partial charge in [-0.3, -0.25) is 4.99 Å². The van der Waals surface area contributed by atoms with Gasteiger partial charge in [0.25, 0.3) is 0 Å². The van der Waals surface area contributed by atoms with Gasteiger partial charge in [-0.1, -0.05) is 12.2 Å². The number of allylic oxidation sites excluding steroid dienone is 2. The van der Waals surface area contributed by atoms with Crippen LogP contribution in [0.1, 0.15) is 20.3 Å². The van der Waals surface area contributed by atoms with Crippen LogP contribution in [0.25, 0.3) is 0 Å². The zero-order valence-corrected chi connectivity index (χ0v) is 8.75. The molecule has 0 spiro atoms. The van der Waals surface area contributed by atoms with E-state index >= 15 is 0 Å². The molecule has 0 fully saturated rings. The average molecular weight is 178 g/mol. The molecule has 0 saturated carbocycles. The van der Waals surface area contributed by atoms with Gasteiger partial charge in [-0.25, -0.2) is 0 Å². The van der Waals surface area contributed by atoms with E-state index in [9.17, 15) is 0 Å². The maximum absolute atomic E-state index is 4.42. The average Bonchev–Trinajstić information content (AvgIpc) is 2.18. The first-order chi connectivity index (χ1) is 6.22. The van der Waals surface area contributed by atoms with E-state index in [2.05, 4.69) is 36.0 Å². The molecular formula is C11H18N2. The first-order valence-electron chi connectivity index (χ1n) is 4.77. The Balaban J connectivity index is 2.76. The largest absolute Gasteiger partial charge is 0.300 e. The summed E-state index contributed by atoms with van der Waals surface area (Å²) in [6, 6.07) is 0. The van der Waals surface area contributed by atoms with Crippen LogP contribution in [0.4, 0.5) is 0 Å². The molecule has 0 saturated heterocycles. The van der Waals surface area contributed by atoms with Crippen LogP contribution in [-0.2, 0) is 0 Å². The normalized spacial score (nSPS) is 23.6. The number of hydrogen-bond acceptors (Lipinski definition) is 2. The monoisotopic (exact) mass is 178 g/mol. The fourth-order valence-corrected chi connectivity index (χ4v) is 1.31. The molecule has 72 valence electrons. The Kier molecular flexibility index (Phi) is 3.90. The summed E-state index contributed by atoms with van der Waals surface area (Å²) in [4.78, 5) is 6.71. The third kappa shape index (κ3) is 3.55. The summed E-state index contributed by atoms with van der Waals surface area (Å²) < 4.78 is 0. The first-order valence-corrected chi connectivity index (χ1v) is 4.77. The first kappa shape index (κ1) is 10.2. The molecule has 0 aromatic heterocycles. The number of rotatable bonds is 0. The van der Waals surface area contributed by atoms with E-state index in [-0.39, 0.29) is 0 Å². The van der Waals surface area contributed by atoms with Crippen LogP contribution in [0.2, 0.25) is 0 Å². The molecule has 1 aliphatic rings. The Morgan fingerprint density at radius 3 is 3.00 bits per heavy atom. The summed E-state index contributed by atoms with van der Waals surface area (Å²) >= 11 is 0. The van der Waals surface area contributed by atoms with Crippen LogP contribution in [0.3, 0.4) is 0 Å². The molecule has 0 atom stereocenters. The van der Waals surface area contributed by atoms with E-state index < -0.39 is 0 Å². The minimum atomic E-state index is 0.952. The smallest absolute Gasteiger partial charge is 0.0501 e. The number of nitrogens with zero attached hydrogens (tertiary/aromatic N) is 2. The van der Waals surface area contributed by atoms with Gasteiger partial charge >= 0.3 is 0 Å². The van der Waals surface area contributed by atoms with Crippen molar-refractivity contribution < 1.29 is 0 Å². The Labute approximate surface area is 80.7 Å². The minimum Gasteiger partial charge on any atom is -0.300 e. The lowest BCUT2D eigenvalue weighted by molar-refractivity contribution is 0.369. The molecule has 13 heavy (non-hydrogen) atoms. The summed E-state index contributed by atoms with van der Waals surface area (Å²) in [6.07, 6.45) is 7.38. The topological polar surface area (TPSA) is 15.6 Å². The van der Waals surface area contributed by atoms with Gasteiger partial charge in [0, 0.05) is 19.3 Å². The zero-order valence-electron chi connectivity index (χ0n) is 8.75. The number of hydrogen-bond donors (Lipinski definition) is 0. The highest BCUT2D eigenvalue weighted by Crippen LogP contribution is 2.05. The molecule has 1 aliphatic heterocycles. The number of aliphatic imine (C=N–C) groups is 1. The zero-order chi connectivity index (χ0) is 9.68. The Morgan fingerprint density at radius 2 is 2.31 bits per heavy atom. The summed E-state index contributed by atoms with van der Waals surface area (Å²) in [5, 5.41) is 0. The maximum Gasteiger partial charge on any atom is 0.0501 e. The van der Waals surface area contributed by atoms with E-state index in [1.54, 1.807) is 0 Å². The summed E-state index contributed by atoms with van der Waals surface area (Å²) in [7, 11) is 2.13. The lowest BCUT2D eigenvalue weighted by atomic mass is 10.2. The second-order valence-electron chi connectivity index (χ2n) is 3.51. The van der Waals surface area contributed by atoms with Crippen LogP contribution in [-0.4, -0.2) is 31.3 Å². The minimum absolute atomic E-state index is 0.952. The predicted octanol–water partition coefficient (Wildman–Crippen LogP) is 2.24. The fourth-order valence-electron chi connectivity index (χ4n) is 1.31. The molecule has 0 aliphatic carbocycles. The van der Waals surface area contributed by atoms with Crippen molar-refractivity contribution in [2.75, 3.05) is 20.1 Å². The molecular weight excluding hydrogens is 160 g/mol. The highest BCUT2D eigenvalue weighted by atomic mass is 15.1. The molecule has 2 heteroatoms. The molecule has 1 heterocycles. The van der Waals surface area contributed by atoms with Crippen molar-refractivity contribution in [3.05, 3.63) is 23.4 Å². The van der Waals surface area contributed by atoms with Gasteiger partial charge < -0.3 is 4.90 Å². The molecule has 0 aromatic rings. The van der Waals surface area contributed by atoms with Gasteiger partial charge in [-0.15, -0.1) is 0 Å². The molecule has 1 rings (SSSR count). The maximum atomic E-state index is 4.42. The van der Waals surface area contributed by atoms with Crippen LogP contribution >= 0.6 is 0 Å². The van der Waals surface area contributed by atoms with Crippen molar-refractivity contribution >= 4 is 6.21 Å². The van der Waals surface area contributed by atoms with Crippen molar-refractivity contribution in [1.29, 1.82) is 0 Å². The van der Waals surface area contributed by atoms with Gasteiger partial charge in [0.05, 0.1) is 5.70 Å². The molecule has 0 amide bonds. The van der Waals surface area contributed by atoms with Gasteiger partial charge in [0.15, 0.2) is 0 Å². The van der Waals surface area contributed by atoms with E-state index in [0.29, 0.717) is 0 Å². The second kappa shape index (κ2) is 4.97. The van der Waals surface area contributed by atoms with Gasteiger partial charge in [0.1, 0.15) is 0 Å². The van der Waals surface area contributed by atoms with E-state index in [1.165, 1.54) is 5.57 Å². The molecule has 0 bridgehead atoms. The second-order valence-corrected chi connectivity index (χ2v) is 3.51. The summed E-state index contributed by atoms with van der Waals surface area (Å²) in [5.41, 5.74) is 2.41. The van der Waals surface area contributed by atoms with E-state index in [4.69, 9.17) is 0 Å². The van der Waals surface area contributed by atoms with Crippen molar-refractivity contribution in [1.82, 2.24) is 4.90 Å². The van der Waals surface area contributed by atoms with E-state index in [0.717, 1.165) is 25.2 Å².